The number of furan rings is 1. The van der Waals surface area contributed by atoms with E-state index in [2.05, 4.69) is 4.74 Å². The van der Waals surface area contributed by atoms with E-state index in [0.717, 1.165) is 0 Å². The number of nitrogens with zero attached hydrogens (tertiary/aromatic N) is 1. The molecule has 0 aliphatic rings. The van der Waals surface area contributed by atoms with Crippen molar-refractivity contribution >= 4 is 17.5 Å². The third-order valence-corrected chi connectivity index (χ3v) is 3.86. The molecule has 0 amide bonds. The molecule has 0 saturated carbocycles. The Morgan fingerprint density at radius 3 is 2.70 bits per heavy atom. The van der Waals surface area contributed by atoms with Crippen molar-refractivity contribution in [3.05, 3.63) is 93.9 Å². The maximum absolute atomic E-state index is 12.3. The van der Waals surface area contributed by atoms with Gasteiger partial charge in [0.15, 0.2) is 11.5 Å². The molecule has 7 nitrogen and oxygen atoms in total. The standard InChI is InChI=1S/C21H15F2NO6/c22-21(23)30-16-5-3-4-14(12-16)19(25)11-10-15-8-9-17(29-15)13-28-20-7-2-1-6-18(20)24(26)27/h1-12,21H,13H2/b11-10+. The quantitative estimate of drug-likeness (QED) is 0.205. The van der Waals surface area contributed by atoms with E-state index in [4.69, 9.17) is 9.15 Å². The van der Waals surface area contributed by atoms with Crippen molar-refractivity contribution in [2.45, 2.75) is 13.2 Å². The van der Waals surface area contributed by atoms with Gasteiger partial charge >= 0.3 is 12.3 Å². The van der Waals surface area contributed by atoms with Crippen LogP contribution in [0.25, 0.3) is 6.08 Å². The van der Waals surface area contributed by atoms with Crippen LogP contribution in [0.3, 0.4) is 0 Å². The highest BCUT2D eigenvalue weighted by Gasteiger charge is 2.14. The first-order chi connectivity index (χ1) is 14.4. The van der Waals surface area contributed by atoms with Crippen LogP contribution in [-0.4, -0.2) is 17.3 Å². The first kappa shape index (κ1) is 20.7. The predicted molar refractivity (Wildman–Crippen MR) is 103 cm³/mol. The molecule has 0 N–H and O–H groups in total. The van der Waals surface area contributed by atoms with Crippen LogP contribution in [-0.2, 0) is 6.61 Å². The number of allylic oxidation sites excluding steroid dienone is 1. The molecule has 0 aliphatic heterocycles. The number of para-hydroxylation sites is 2. The Labute approximate surface area is 169 Å². The molecule has 3 rings (SSSR count). The Kier molecular flexibility index (Phi) is 6.53. The van der Waals surface area contributed by atoms with Crippen LogP contribution in [0.1, 0.15) is 21.9 Å². The summed E-state index contributed by atoms with van der Waals surface area (Å²) >= 11 is 0. The van der Waals surface area contributed by atoms with Crippen molar-refractivity contribution in [3.63, 3.8) is 0 Å². The first-order valence-electron chi connectivity index (χ1n) is 8.64. The van der Waals surface area contributed by atoms with E-state index >= 15 is 0 Å². The largest absolute Gasteiger partial charge is 0.479 e. The zero-order valence-electron chi connectivity index (χ0n) is 15.4. The summed E-state index contributed by atoms with van der Waals surface area (Å²) in [6, 6.07) is 14.6. The van der Waals surface area contributed by atoms with Gasteiger partial charge < -0.3 is 13.9 Å². The van der Waals surface area contributed by atoms with Crippen molar-refractivity contribution in [1.82, 2.24) is 0 Å². The van der Waals surface area contributed by atoms with E-state index in [1.54, 1.807) is 18.2 Å². The smallest absolute Gasteiger partial charge is 0.387 e. The van der Waals surface area contributed by atoms with Gasteiger partial charge in [0, 0.05) is 11.6 Å². The van der Waals surface area contributed by atoms with Crippen molar-refractivity contribution in [1.29, 1.82) is 0 Å². The summed E-state index contributed by atoms with van der Waals surface area (Å²) in [7, 11) is 0. The summed E-state index contributed by atoms with van der Waals surface area (Å²) in [5.41, 5.74) is 0.0173. The summed E-state index contributed by atoms with van der Waals surface area (Å²) in [6.45, 7) is -3.02. The summed E-state index contributed by atoms with van der Waals surface area (Å²) in [6.07, 6.45) is 2.64. The van der Waals surface area contributed by atoms with Crippen LogP contribution in [0.5, 0.6) is 11.5 Å². The lowest BCUT2D eigenvalue weighted by molar-refractivity contribution is -0.386. The number of hydrogen-bond donors (Lipinski definition) is 0. The van der Waals surface area contributed by atoms with Gasteiger partial charge in [-0.2, -0.15) is 8.78 Å². The van der Waals surface area contributed by atoms with Gasteiger partial charge in [0.2, 0.25) is 0 Å². The number of nitro groups is 1. The van der Waals surface area contributed by atoms with E-state index < -0.39 is 17.3 Å². The number of ether oxygens (including phenoxy) is 2. The van der Waals surface area contributed by atoms with E-state index in [1.807, 2.05) is 0 Å². The Balaban J connectivity index is 1.62. The third-order valence-electron chi connectivity index (χ3n) is 3.86. The highest BCUT2D eigenvalue weighted by molar-refractivity contribution is 6.06. The maximum atomic E-state index is 12.3. The molecule has 0 radical (unpaired) electrons. The van der Waals surface area contributed by atoms with Gasteiger partial charge in [-0.15, -0.1) is 0 Å². The lowest BCUT2D eigenvalue weighted by Crippen LogP contribution is -2.03. The lowest BCUT2D eigenvalue weighted by Gasteiger charge is -2.05. The van der Waals surface area contributed by atoms with Gasteiger partial charge in [-0.3, -0.25) is 14.9 Å². The monoisotopic (exact) mass is 415 g/mol. The molecule has 0 spiro atoms. The minimum absolute atomic E-state index is 0.0420. The first-order valence-corrected chi connectivity index (χ1v) is 8.64. The minimum Gasteiger partial charge on any atom is -0.479 e. The average Bonchev–Trinajstić information content (AvgIpc) is 3.18. The molecule has 30 heavy (non-hydrogen) atoms. The van der Waals surface area contributed by atoms with Crippen LogP contribution >= 0.6 is 0 Å². The number of alkyl halides is 2. The van der Waals surface area contributed by atoms with E-state index in [0.29, 0.717) is 11.5 Å². The number of carbonyl (C=O) groups excluding carboxylic acids is 1. The zero-order chi connectivity index (χ0) is 21.5. The SMILES string of the molecule is O=C(/C=C/c1ccc(COc2ccccc2[N+](=O)[O-])o1)c1cccc(OC(F)F)c1. The predicted octanol–water partition coefficient (Wildman–Crippen LogP) is 5.26. The van der Waals surface area contributed by atoms with Crippen molar-refractivity contribution in [2.24, 2.45) is 0 Å². The Morgan fingerprint density at radius 1 is 1.13 bits per heavy atom. The number of rotatable bonds is 9. The number of ketones is 1. The fourth-order valence-corrected chi connectivity index (χ4v) is 2.52. The average molecular weight is 415 g/mol. The number of hydrogen-bond acceptors (Lipinski definition) is 6. The summed E-state index contributed by atoms with van der Waals surface area (Å²) < 4.78 is 39.8. The van der Waals surface area contributed by atoms with Crippen LogP contribution in [0, 0.1) is 10.1 Å². The van der Waals surface area contributed by atoms with Crippen molar-refractivity contribution < 1.29 is 32.4 Å². The molecule has 154 valence electrons. The Bertz CT molecular complexity index is 1080. The molecule has 2 aromatic carbocycles. The second kappa shape index (κ2) is 9.46. The fourth-order valence-electron chi connectivity index (χ4n) is 2.52. The van der Waals surface area contributed by atoms with Gasteiger partial charge in [-0.05, 0) is 42.5 Å². The van der Waals surface area contributed by atoms with Crippen molar-refractivity contribution in [2.75, 3.05) is 0 Å². The Hall–Kier alpha value is -4.01. The van der Waals surface area contributed by atoms with Crippen LogP contribution < -0.4 is 9.47 Å². The summed E-state index contributed by atoms with van der Waals surface area (Å²) in [5, 5.41) is 11.0. The normalized spacial score (nSPS) is 11.0. The molecule has 0 unspecified atom stereocenters. The molecule has 0 fully saturated rings. The second-order valence-electron chi connectivity index (χ2n) is 5.92. The van der Waals surface area contributed by atoms with Gasteiger partial charge in [0.05, 0.1) is 4.92 Å². The molecular formula is C21H15F2NO6. The molecule has 1 heterocycles. The maximum Gasteiger partial charge on any atom is 0.387 e. The topological polar surface area (TPSA) is 91.8 Å². The molecule has 3 aromatic rings. The molecule has 0 bridgehead atoms. The molecule has 9 heteroatoms. The minimum atomic E-state index is -2.98. The summed E-state index contributed by atoms with van der Waals surface area (Å²) in [5.74, 6) is 0.315. The Morgan fingerprint density at radius 2 is 1.93 bits per heavy atom. The zero-order valence-corrected chi connectivity index (χ0v) is 15.4. The third kappa shape index (κ3) is 5.51. The molecular weight excluding hydrogens is 400 g/mol. The number of nitro benzene ring substituents is 1. The van der Waals surface area contributed by atoms with Crippen LogP contribution in [0.4, 0.5) is 14.5 Å². The van der Waals surface area contributed by atoms with Gasteiger partial charge in [0.25, 0.3) is 0 Å². The highest BCUT2D eigenvalue weighted by atomic mass is 19.3. The van der Waals surface area contributed by atoms with E-state index in [1.165, 1.54) is 54.6 Å². The van der Waals surface area contributed by atoms with Crippen LogP contribution in [0.15, 0.2) is 71.2 Å². The number of halogens is 2. The van der Waals surface area contributed by atoms with Gasteiger partial charge in [0.1, 0.15) is 23.9 Å². The lowest BCUT2D eigenvalue weighted by atomic mass is 10.1. The molecule has 1 aromatic heterocycles. The van der Waals surface area contributed by atoms with Gasteiger partial charge in [-0.1, -0.05) is 24.3 Å². The molecule has 0 atom stereocenters. The molecule has 0 aliphatic carbocycles. The second-order valence-corrected chi connectivity index (χ2v) is 5.92. The number of benzene rings is 2. The van der Waals surface area contributed by atoms with Crippen molar-refractivity contribution in [3.8, 4) is 11.5 Å². The fraction of sp³-hybridized carbons (Fsp3) is 0.0952. The van der Waals surface area contributed by atoms with Crippen LogP contribution in [0.2, 0.25) is 0 Å². The highest BCUT2D eigenvalue weighted by Crippen LogP contribution is 2.27. The van der Waals surface area contributed by atoms with E-state index in [9.17, 15) is 23.7 Å². The molecule has 0 saturated heterocycles. The van der Waals surface area contributed by atoms with Gasteiger partial charge in [-0.25, -0.2) is 0 Å². The number of carbonyl (C=O) groups is 1. The van der Waals surface area contributed by atoms with E-state index in [-0.39, 0.29) is 29.4 Å². The summed E-state index contributed by atoms with van der Waals surface area (Å²) in [4.78, 5) is 22.7.